The molecule has 3 heterocycles. The summed E-state index contributed by atoms with van der Waals surface area (Å²) in [5, 5.41) is 23.8. The van der Waals surface area contributed by atoms with E-state index in [4.69, 9.17) is 17.3 Å². The molecule has 5 rings (SSSR count). The Hall–Kier alpha value is -4.68. The molecule has 4 aromatic rings. The molecule has 14 nitrogen and oxygen atoms in total. The number of nitrogens with one attached hydrogen (secondary N) is 2. The fourth-order valence-corrected chi connectivity index (χ4v) is 4.49. The molecule has 0 bridgehead atoms. The molecule has 1 aromatic carbocycles. The third-order valence-electron chi connectivity index (χ3n) is 6.91. The number of hydrogen-bond donors (Lipinski definition) is 4. The molecule has 1 aliphatic carbocycles. The molecule has 0 saturated heterocycles. The number of aromatic nitrogens is 7. The number of benzene rings is 1. The molecule has 3 atom stereocenters. The Labute approximate surface area is 268 Å². The van der Waals surface area contributed by atoms with E-state index in [-0.39, 0.29) is 47.3 Å². The number of halogens is 5. The first kappa shape index (κ1) is 33.7. The Morgan fingerprint density at radius 2 is 1.83 bits per heavy atom. The number of hydrogen-bond acceptors (Lipinski definition) is 9. The van der Waals surface area contributed by atoms with Crippen molar-refractivity contribution in [2.45, 2.75) is 63.4 Å². The highest BCUT2D eigenvalue weighted by molar-refractivity contribution is 6.30. The number of pyridine rings is 1. The maximum Gasteiger partial charge on any atom is 0.416 e. The highest BCUT2D eigenvalue weighted by Gasteiger charge is 2.40. The van der Waals surface area contributed by atoms with Gasteiger partial charge in [-0.25, -0.2) is 23.5 Å². The van der Waals surface area contributed by atoms with Gasteiger partial charge in [0.05, 0.1) is 30.0 Å². The second-order valence-corrected chi connectivity index (χ2v) is 12.0. The van der Waals surface area contributed by atoms with Crippen LogP contribution in [-0.4, -0.2) is 87.6 Å². The van der Waals surface area contributed by atoms with Crippen molar-refractivity contribution in [1.82, 2.24) is 44.7 Å². The number of aliphatic hydroxyl groups excluding tert-OH is 1. The number of amides is 2. The molecule has 5 N–H and O–H groups in total. The number of carbonyl (C=O) groups is 2. The van der Waals surface area contributed by atoms with Gasteiger partial charge >= 0.3 is 11.9 Å². The van der Waals surface area contributed by atoms with Crippen molar-refractivity contribution in [3.63, 3.8) is 0 Å². The van der Waals surface area contributed by atoms with Gasteiger partial charge in [-0.3, -0.25) is 19.1 Å². The van der Waals surface area contributed by atoms with E-state index in [1.54, 1.807) is 13.8 Å². The minimum Gasteiger partial charge on any atom is -0.382 e. The van der Waals surface area contributed by atoms with Crippen molar-refractivity contribution in [3.05, 3.63) is 75.4 Å². The lowest BCUT2D eigenvalue weighted by Crippen LogP contribution is -2.45. The molecule has 1 saturated carbocycles. The van der Waals surface area contributed by atoms with Crippen LogP contribution in [0.5, 0.6) is 0 Å². The van der Waals surface area contributed by atoms with Crippen molar-refractivity contribution in [2.24, 2.45) is 5.73 Å². The number of alkyl halides is 4. The van der Waals surface area contributed by atoms with Gasteiger partial charge in [0.1, 0.15) is 12.7 Å². The molecule has 2 amide bonds. The van der Waals surface area contributed by atoms with Crippen molar-refractivity contribution in [3.8, 4) is 17.1 Å². The summed E-state index contributed by atoms with van der Waals surface area (Å²) in [5.41, 5.74) is 4.33. The quantitative estimate of drug-likeness (QED) is 0.171. The molecule has 0 aliphatic heterocycles. The van der Waals surface area contributed by atoms with Crippen LogP contribution in [0, 0.1) is 0 Å². The summed E-state index contributed by atoms with van der Waals surface area (Å²) in [4.78, 5) is 48.0. The summed E-state index contributed by atoms with van der Waals surface area (Å²) in [5.74, 6) is -2.19. The Balaban J connectivity index is 1.56. The first-order chi connectivity index (χ1) is 22.0. The van der Waals surface area contributed by atoms with E-state index in [1.807, 2.05) is 0 Å². The van der Waals surface area contributed by atoms with Gasteiger partial charge in [0.15, 0.2) is 17.8 Å². The highest BCUT2D eigenvalue weighted by atomic mass is 35.5. The molecule has 0 spiro atoms. The zero-order valence-corrected chi connectivity index (χ0v) is 25.6. The second-order valence-electron chi connectivity index (χ2n) is 11.6. The lowest BCUT2D eigenvalue weighted by molar-refractivity contribution is -0.207. The van der Waals surface area contributed by atoms with E-state index in [2.05, 4.69) is 30.8 Å². The third kappa shape index (κ3) is 7.83. The minimum atomic E-state index is -5.03. The van der Waals surface area contributed by atoms with Crippen molar-refractivity contribution in [2.75, 3.05) is 6.54 Å². The maximum absolute atomic E-state index is 13.5. The van der Waals surface area contributed by atoms with Crippen LogP contribution in [0.15, 0.2) is 47.5 Å². The SMILES string of the molecule is CC(C)(N)CNC(=O)c1nc(Cn2nc(-c3ccc(Cl)cc3)n(CC(O)C(F)(F)F)c2=O)nn1-c1cnccc1C(=O)NC1CC1F. The first-order valence-electron chi connectivity index (χ1n) is 14.1. The molecular formula is C28H29ClF4N10O4. The van der Waals surface area contributed by atoms with E-state index >= 15 is 0 Å². The zero-order chi connectivity index (χ0) is 34.3. The predicted molar refractivity (Wildman–Crippen MR) is 159 cm³/mol. The maximum atomic E-state index is 13.5. The predicted octanol–water partition coefficient (Wildman–Crippen LogP) is 1.62. The van der Waals surface area contributed by atoms with E-state index < -0.39 is 60.6 Å². The summed E-state index contributed by atoms with van der Waals surface area (Å²) >= 11 is 5.94. The van der Waals surface area contributed by atoms with Gasteiger partial charge < -0.3 is 21.5 Å². The van der Waals surface area contributed by atoms with E-state index in [1.165, 1.54) is 42.7 Å². The lowest BCUT2D eigenvalue weighted by atomic mass is 10.1. The standard InChI is InChI=1S/C28H29ClF4N10O4/c1-27(2,34)13-36-25(46)23-38-21(39-43(23)19-10-35-8-7-16(19)24(45)37-18-9-17(18)30)12-42-26(47)41(11-20(44)28(31,32)33)22(40-42)14-3-5-15(29)6-4-14/h3-8,10,17-18,20,44H,9,11-13,34H2,1-2H3,(H,36,46)(H,37,45). The smallest absolute Gasteiger partial charge is 0.382 e. The Morgan fingerprint density at radius 1 is 1.15 bits per heavy atom. The Bertz CT molecular complexity index is 1850. The molecular weight excluding hydrogens is 652 g/mol. The van der Waals surface area contributed by atoms with Crippen LogP contribution in [0.4, 0.5) is 17.6 Å². The number of aliphatic hydroxyl groups is 1. The van der Waals surface area contributed by atoms with Crippen LogP contribution < -0.4 is 22.1 Å². The molecule has 250 valence electrons. The lowest BCUT2D eigenvalue weighted by Gasteiger charge is -2.18. The first-order valence-corrected chi connectivity index (χ1v) is 14.5. The van der Waals surface area contributed by atoms with Crippen LogP contribution in [0.25, 0.3) is 17.1 Å². The third-order valence-corrected chi connectivity index (χ3v) is 7.16. The van der Waals surface area contributed by atoms with Crippen LogP contribution >= 0.6 is 11.6 Å². The summed E-state index contributed by atoms with van der Waals surface area (Å²) in [6, 6.07) is 6.42. The molecule has 0 radical (unpaired) electrons. The van der Waals surface area contributed by atoms with Crippen LogP contribution in [0.1, 0.15) is 47.1 Å². The van der Waals surface area contributed by atoms with Crippen LogP contribution in [0.3, 0.4) is 0 Å². The minimum absolute atomic E-state index is 0.00380. The van der Waals surface area contributed by atoms with Gasteiger partial charge in [-0.05, 0) is 44.2 Å². The average molecular weight is 681 g/mol. The van der Waals surface area contributed by atoms with Gasteiger partial charge in [-0.2, -0.15) is 13.2 Å². The summed E-state index contributed by atoms with van der Waals surface area (Å²) in [6.45, 7) is 1.63. The Morgan fingerprint density at radius 3 is 2.45 bits per heavy atom. The van der Waals surface area contributed by atoms with Gasteiger partial charge in [-0.15, -0.1) is 10.2 Å². The van der Waals surface area contributed by atoms with Gasteiger partial charge in [0.2, 0.25) is 5.82 Å². The van der Waals surface area contributed by atoms with E-state index in [0.717, 1.165) is 9.36 Å². The van der Waals surface area contributed by atoms with Crippen LogP contribution in [0.2, 0.25) is 5.02 Å². The summed E-state index contributed by atoms with van der Waals surface area (Å²) in [6.07, 6.45) is -6.40. The van der Waals surface area contributed by atoms with Crippen molar-refractivity contribution >= 4 is 23.4 Å². The number of rotatable bonds is 11. The van der Waals surface area contributed by atoms with Crippen molar-refractivity contribution < 1.29 is 32.3 Å². The number of carbonyl (C=O) groups excluding carboxylic acids is 2. The molecule has 3 unspecified atom stereocenters. The van der Waals surface area contributed by atoms with Gasteiger partial charge in [-0.1, -0.05) is 11.6 Å². The van der Waals surface area contributed by atoms with Crippen LogP contribution in [-0.2, 0) is 13.1 Å². The van der Waals surface area contributed by atoms with E-state index in [0.29, 0.717) is 9.59 Å². The number of nitrogens with zero attached hydrogens (tertiary/aromatic N) is 7. The normalized spacial score (nSPS) is 17.0. The largest absolute Gasteiger partial charge is 0.416 e. The molecule has 1 aliphatic rings. The molecule has 47 heavy (non-hydrogen) atoms. The van der Waals surface area contributed by atoms with Gasteiger partial charge in [0.25, 0.3) is 11.8 Å². The Kier molecular flexibility index (Phi) is 9.20. The average Bonchev–Trinajstić information content (AvgIpc) is 3.39. The van der Waals surface area contributed by atoms with E-state index in [9.17, 15) is 37.1 Å². The second kappa shape index (κ2) is 12.8. The fraction of sp³-hybridized carbons (Fsp3) is 0.393. The fourth-order valence-electron chi connectivity index (χ4n) is 4.36. The zero-order valence-electron chi connectivity index (χ0n) is 24.9. The highest BCUT2D eigenvalue weighted by Crippen LogP contribution is 2.27. The molecule has 1 fully saturated rings. The summed E-state index contributed by atoms with van der Waals surface area (Å²) in [7, 11) is 0. The number of nitrogens with two attached hydrogens (primary N) is 1. The van der Waals surface area contributed by atoms with Gasteiger partial charge in [0, 0.05) is 35.3 Å². The molecule has 3 aromatic heterocycles. The monoisotopic (exact) mass is 680 g/mol. The molecule has 19 heteroatoms. The van der Waals surface area contributed by atoms with Crippen molar-refractivity contribution in [1.29, 1.82) is 0 Å². The summed E-state index contributed by atoms with van der Waals surface area (Å²) < 4.78 is 55.8. The topological polar surface area (TPSA) is 188 Å².